The molecule has 23 heavy (non-hydrogen) atoms. The van der Waals surface area contributed by atoms with Gasteiger partial charge in [-0.3, -0.25) is 4.90 Å². The molecule has 1 aliphatic rings. The van der Waals surface area contributed by atoms with Gasteiger partial charge in [0.15, 0.2) is 0 Å². The Morgan fingerprint density at radius 1 is 1.13 bits per heavy atom. The van der Waals surface area contributed by atoms with Gasteiger partial charge in [0.1, 0.15) is 17.3 Å². The molecule has 1 saturated heterocycles. The maximum atomic E-state index is 10.4. The number of hydrogen-bond acceptors (Lipinski definition) is 5. The second kappa shape index (κ2) is 7.25. The van der Waals surface area contributed by atoms with Crippen molar-refractivity contribution in [3.63, 3.8) is 0 Å². The Labute approximate surface area is 141 Å². The molecule has 3 rings (SSSR count). The van der Waals surface area contributed by atoms with E-state index < -0.39 is 6.10 Å². The number of hydrogen-bond donors (Lipinski definition) is 1. The summed E-state index contributed by atoms with van der Waals surface area (Å²) in [7, 11) is 0. The molecule has 1 aromatic heterocycles. The summed E-state index contributed by atoms with van der Waals surface area (Å²) < 4.78 is 0. The van der Waals surface area contributed by atoms with Crippen LogP contribution in [0, 0.1) is 6.92 Å². The lowest BCUT2D eigenvalue weighted by atomic mass is 10.1. The number of aryl methyl sites for hydroxylation is 1. The number of aliphatic hydroxyl groups is 1. The summed E-state index contributed by atoms with van der Waals surface area (Å²) in [6.07, 6.45) is 1.04. The van der Waals surface area contributed by atoms with Gasteiger partial charge in [-0.05, 0) is 12.5 Å². The average molecular weight is 333 g/mol. The van der Waals surface area contributed by atoms with E-state index in [4.69, 9.17) is 11.6 Å². The second-order valence-electron chi connectivity index (χ2n) is 5.91. The van der Waals surface area contributed by atoms with Crippen molar-refractivity contribution >= 4 is 17.4 Å². The summed E-state index contributed by atoms with van der Waals surface area (Å²) in [5.74, 6) is 0.865. The Morgan fingerprint density at radius 2 is 1.83 bits per heavy atom. The lowest BCUT2D eigenvalue weighted by Crippen LogP contribution is -2.47. The SMILES string of the molecule is Cc1ccc(C(O)CN2CCN(c3cc(Cl)ncn3)CC2)cc1. The summed E-state index contributed by atoms with van der Waals surface area (Å²) in [6, 6.07) is 9.86. The van der Waals surface area contributed by atoms with Gasteiger partial charge in [0.05, 0.1) is 6.10 Å². The normalized spacial score (nSPS) is 17.3. The van der Waals surface area contributed by atoms with E-state index in [9.17, 15) is 5.11 Å². The fourth-order valence-corrected chi connectivity index (χ4v) is 2.94. The number of aromatic nitrogens is 2. The van der Waals surface area contributed by atoms with Crippen LogP contribution in [0.3, 0.4) is 0 Å². The maximum absolute atomic E-state index is 10.4. The van der Waals surface area contributed by atoms with E-state index in [0.717, 1.165) is 37.6 Å². The monoisotopic (exact) mass is 332 g/mol. The number of halogens is 1. The van der Waals surface area contributed by atoms with Gasteiger partial charge in [-0.15, -0.1) is 0 Å². The van der Waals surface area contributed by atoms with E-state index in [-0.39, 0.29) is 0 Å². The summed E-state index contributed by atoms with van der Waals surface area (Å²) >= 11 is 5.92. The van der Waals surface area contributed by atoms with Gasteiger partial charge in [0.25, 0.3) is 0 Å². The van der Waals surface area contributed by atoms with Gasteiger partial charge in [-0.1, -0.05) is 41.4 Å². The fourth-order valence-electron chi connectivity index (χ4n) is 2.80. The van der Waals surface area contributed by atoms with Gasteiger partial charge >= 0.3 is 0 Å². The topological polar surface area (TPSA) is 52.5 Å². The first kappa shape index (κ1) is 16.2. The molecule has 1 unspecified atom stereocenters. The second-order valence-corrected chi connectivity index (χ2v) is 6.30. The molecule has 1 fully saturated rings. The molecule has 0 spiro atoms. The van der Waals surface area contributed by atoms with Crippen LogP contribution in [0.2, 0.25) is 5.15 Å². The van der Waals surface area contributed by atoms with Crippen molar-refractivity contribution in [3.8, 4) is 0 Å². The van der Waals surface area contributed by atoms with E-state index in [1.807, 2.05) is 24.3 Å². The minimum atomic E-state index is -0.448. The van der Waals surface area contributed by atoms with Gasteiger partial charge in [0, 0.05) is 38.8 Å². The minimum Gasteiger partial charge on any atom is -0.387 e. The zero-order chi connectivity index (χ0) is 16.2. The van der Waals surface area contributed by atoms with Gasteiger partial charge in [-0.25, -0.2) is 9.97 Å². The highest BCUT2D eigenvalue weighted by Gasteiger charge is 2.21. The molecule has 1 atom stereocenters. The third-order valence-electron chi connectivity index (χ3n) is 4.21. The first-order valence-corrected chi connectivity index (χ1v) is 8.19. The van der Waals surface area contributed by atoms with Gasteiger partial charge in [0.2, 0.25) is 0 Å². The number of anilines is 1. The van der Waals surface area contributed by atoms with Crippen LogP contribution in [0.1, 0.15) is 17.2 Å². The predicted molar refractivity (Wildman–Crippen MR) is 91.8 cm³/mol. The Balaban J connectivity index is 1.54. The standard InChI is InChI=1S/C17H21ClN4O/c1-13-2-4-14(5-3-13)15(23)11-21-6-8-22(9-7-21)17-10-16(18)19-12-20-17/h2-5,10,12,15,23H,6-9,11H2,1H3. The Hall–Kier alpha value is -1.69. The van der Waals surface area contributed by atoms with E-state index in [1.165, 1.54) is 11.9 Å². The van der Waals surface area contributed by atoms with Crippen LogP contribution >= 0.6 is 11.6 Å². The molecule has 0 amide bonds. The number of β-amino-alcohol motifs (C(OH)–C–C–N with tert-alkyl or cyclic N) is 1. The first-order valence-electron chi connectivity index (χ1n) is 7.81. The molecule has 1 N–H and O–H groups in total. The van der Waals surface area contributed by atoms with Crippen molar-refractivity contribution in [2.24, 2.45) is 0 Å². The number of nitrogens with zero attached hydrogens (tertiary/aromatic N) is 4. The van der Waals surface area contributed by atoms with Gasteiger partial charge in [-0.2, -0.15) is 0 Å². The zero-order valence-electron chi connectivity index (χ0n) is 13.2. The van der Waals surface area contributed by atoms with E-state index in [2.05, 4.69) is 26.7 Å². The Kier molecular flexibility index (Phi) is 5.10. The van der Waals surface area contributed by atoms with E-state index in [0.29, 0.717) is 11.7 Å². The number of benzene rings is 1. The minimum absolute atomic E-state index is 0.448. The lowest BCUT2D eigenvalue weighted by Gasteiger charge is -2.36. The highest BCUT2D eigenvalue weighted by Crippen LogP contribution is 2.19. The van der Waals surface area contributed by atoms with Crippen LogP contribution in [-0.2, 0) is 0 Å². The lowest BCUT2D eigenvalue weighted by molar-refractivity contribution is 0.109. The summed E-state index contributed by atoms with van der Waals surface area (Å²) in [5, 5.41) is 10.9. The molecule has 2 aromatic rings. The van der Waals surface area contributed by atoms with Crippen molar-refractivity contribution in [1.29, 1.82) is 0 Å². The van der Waals surface area contributed by atoms with Gasteiger partial charge < -0.3 is 10.0 Å². The molecule has 0 aliphatic carbocycles. The molecule has 0 saturated carbocycles. The molecule has 6 heteroatoms. The average Bonchev–Trinajstić information content (AvgIpc) is 2.56. The maximum Gasteiger partial charge on any atom is 0.134 e. The predicted octanol–water partition coefficient (Wildman–Crippen LogP) is 2.29. The summed E-state index contributed by atoms with van der Waals surface area (Å²) in [4.78, 5) is 12.7. The van der Waals surface area contributed by atoms with Crippen molar-refractivity contribution in [2.45, 2.75) is 13.0 Å². The van der Waals surface area contributed by atoms with Crippen LogP contribution in [0.25, 0.3) is 0 Å². The fraction of sp³-hybridized carbons (Fsp3) is 0.412. The number of rotatable bonds is 4. The molecular weight excluding hydrogens is 312 g/mol. The molecule has 0 radical (unpaired) electrons. The van der Waals surface area contributed by atoms with Crippen LogP contribution < -0.4 is 4.90 Å². The largest absolute Gasteiger partial charge is 0.387 e. The van der Waals surface area contributed by atoms with E-state index in [1.54, 1.807) is 6.07 Å². The molecule has 5 nitrogen and oxygen atoms in total. The highest BCUT2D eigenvalue weighted by atomic mass is 35.5. The van der Waals surface area contributed by atoms with Crippen LogP contribution in [0.5, 0.6) is 0 Å². The molecule has 1 aromatic carbocycles. The summed E-state index contributed by atoms with van der Waals surface area (Å²) in [6.45, 7) is 6.23. The molecule has 0 bridgehead atoms. The van der Waals surface area contributed by atoms with Crippen LogP contribution in [0.4, 0.5) is 5.82 Å². The van der Waals surface area contributed by atoms with E-state index >= 15 is 0 Å². The molecule has 122 valence electrons. The molecular formula is C17H21ClN4O. The van der Waals surface area contributed by atoms with Crippen molar-refractivity contribution in [3.05, 3.63) is 52.9 Å². The number of piperazine rings is 1. The van der Waals surface area contributed by atoms with Crippen LogP contribution in [0.15, 0.2) is 36.7 Å². The Bertz CT molecular complexity index is 641. The van der Waals surface area contributed by atoms with Crippen molar-refractivity contribution < 1.29 is 5.11 Å². The van der Waals surface area contributed by atoms with Crippen molar-refractivity contribution in [1.82, 2.24) is 14.9 Å². The quantitative estimate of drug-likeness (QED) is 0.871. The van der Waals surface area contributed by atoms with Crippen LogP contribution in [-0.4, -0.2) is 52.7 Å². The third kappa shape index (κ3) is 4.19. The number of aliphatic hydroxyl groups excluding tert-OH is 1. The summed E-state index contributed by atoms with van der Waals surface area (Å²) in [5.41, 5.74) is 2.18. The van der Waals surface area contributed by atoms with Crippen molar-refractivity contribution in [2.75, 3.05) is 37.6 Å². The first-order chi connectivity index (χ1) is 11.1. The zero-order valence-corrected chi connectivity index (χ0v) is 13.9. The molecule has 2 heterocycles. The smallest absolute Gasteiger partial charge is 0.134 e. The highest BCUT2D eigenvalue weighted by molar-refractivity contribution is 6.29. The Morgan fingerprint density at radius 3 is 2.48 bits per heavy atom. The molecule has 1 aliphatic heterocycles. The third-order valence-corrected chi connectivity index (χ3v) is 4.42.